The van der Waals surface area contributed by atoms with Crippen LogP contribution < -0.4 is 15.7 Å². The van der Waals surface area contributed by atoms with Crippen molar-refractivity contribution in [3.8, 4) is 0 Å². The van der Waals surface area contributed by atoms with E-state index in [0.717, 1.165) is 41.6 Å². The second-order valence-electron chi connectivity index (χ2n) is 14.6. The minimum Gasteiger partial charge on any atom is -0.460 e. The Morgan fingerprint density at radius 3 is 1.83 bits per heavy atom. The van der Waals surface area contributed by atoms with Gasteiger partial charge in [-0.25, -0.2) is 4.79 Å². The SMILES string of the molecule is CCCCCCN(C[C@@H](CO[Si](c1ccccc1)(c1ccccc1)C(C)(C)C)NC(=O)OC(C)(C)C)[C@@H](C)C(=O)OCc1ccccc1. The van der Waals surface area contributed by atoms with Gasteiger partial charge in [0.1, 0.15) is 18.2 Å². The summed E-state index contributed by atoms with van der Waals surface area (Å²) in [5, 5.41) is 5.21. The molecule has 0 bridgehead atoms. The van der Waals surface area contributed by atoms with E-state index in [-0.39, 0.29) is 24.2 Å². The molecular formula is C40H58N2O5Si. The monoisotopic (exact) mass is 674 g/mol. The maximum atomic E-state index is 13.5. The second kappa shape index (κ2) is 18.3. The van der Waals surface area contributed by atoms with Crippen LogP contribution in [0.25, 0.3) is 0 Å². The lowest BCUT2D eigenvalue weighted by Gasteiger charge is -2.44. The summed E-state index contributed by atoms with van der Waals surface area (Å²) in [6.07, 6.45) is 3.71. The Balaban J connectivity index is 1.96. The van der Waals surface area contributed by atoms with Gasteiger partial charge in [0, 0.05) is 6.54 Å². The third-order valence-electron chi connectivity index (χ3n) is 8.51. The largest absolute Gasteiger partial charge is 0.460 e. The average Bonchev–Trinajstić information content (AvgIpc) is 3.04. The second-order valence-corrected chi connectivity index (χ2v) is 18.9. The number of hydrogen-bond acceptors (Lipinski definition) is 6. The van der Waals surface area contributed by atoms with Crippen molar-refractivity contribution in [2.24, 2.45) is 0 Å². The standard InChI is InChI=1S/C40H58N2O5Si/c1-9-10-11-21-28-42(32(2)37(43)45-30-33-22-15-12-16-23-33)29-34(41-38(44)47-39(3,4)5)31-46-48(40(6,7)8,35-24-17-13-18-25-35)36-26-19-14-20-27-36/h12-20,22-27,32,34H,9-11,21,28-31H2,1-8H3,(H,41,44)/t32-,34-/m0/s1. The highest BCUT2D eigenvalue weighted by Gasteiger charge is 2.50. The fourth-order valence-corrected chi connectivity index (χ4v) is 10.7. The van der Waals surface area contributed by atoms with Crippen molar-refractivity contribution in [2.75, 3.05) is 19.7 Å². The van der Waals surface area contributed by atoms with Gasteiger partial charge in [-0.3, -0.25) is 9.69 Å². The van der Waals surface area contributed by atoms with Crippen LogP contribution in [0.1, 0.15) is 86.6 Å². The van der Waals surface area contributed by atoms with Gasteiger partial charge in [0.25, 0.3) is 8.32 Å². The number of nitrogens with one attached hydrogen (secondary N) is 1. The number of nitrogens with zero attached hydrogens (tertiary/aromatic N) is 1. The minimum atomic E-state index is -2.90. The summed E-state index contributed by atoms with van der Waals surface area (Å²) in [6, 6.07) is 29.7. The van der Waals surface area contributed by atoms with Gasteiger partial charge < -0.3 is 19.2 Å². The van der Waals surface area contributed by atoms with Crippen molar-refractivity contribution in [2.45, 2.75) is 110 Å². The molecule has 0 heterocycles. The Labute approximate surface area is 290 Å². The summed E-state index contributed by atoms with van der Waals surface area (Å²) in [5.41, 5.74) is 0.276. The van der Waals surface area contributed by atoms with Crippen molar-refractivity contribution in [3.63, 3.8) is 0 Å². The Morgan fingerprint density at radius 2 is 1.33 bits per heavy atom. The van der Waals surface area contributed by atoms with Gasteiger partial charge in [-0.05, 0) is 61.6 Å². The number of unbranched alkanes of at least 4 members (excludes halogenated alkanes) is 3. The third kappa shape index (κ3) is 11.6. The number of hydrogen-bond donors (Lipinski definition) is 1. The summed E-state index contributed by atoms with van der Waals surface area (Å²) in [4.78, 5) is 28.9. The van der Waals surface area contributed by atoms with Crippen molar-refractivity contribution >= 4 is 30.8 Å². The fourth-order valence-electron chi connectivity index (χ4n) is 6.07. The Hall–Kier alpha value is -3.46. The number of alkyl carbamates (subject to hydrolysis) is 1. The number of rotatable bonds is 17. The van der Waals surface area contributed by atoms with E-state index >= 15 is 0 Å². The third-order valence-corrected chi connectivity index (χ3v) is 13.5. The molecule has 0 saturated carbocycles. The van der Waals surface area contributed by atoms with Gasteiger partial charge in [-0.15, -0.1) is 0 Å². The predicted octanol–water partition coefficient (Wildman–Crippen LogP) is 7.47. The van der Waals surface area contributed by atoms with Crippen LogP contribution in [0.3, 0.4) is 0 Å². The van der Waals surface area contributed by atoms with Gasteiger partial charge in [0.15, 0.2) is 0 Å². The molecule has 1 amide bonds. The zero-order valence-corrected chi connectivity index (χ0v) is 31.5. The Morgan fingerprint density at radius 1 is 0.792 bits per heavy atom. The lowest BCUT2D eigenvalue weighted by atomic mass is 10.1. The molecule has 0 radical (unpaired) electrons. The summed E-state index contributed by atoms with van der Waals surface area (Å²) >= 11 is 0. The first-order valence-corrected chi connectivity index (χ1v) is 19.4. The molecule has 0 fully saturated rings. The molecule has 48 heavy (non-hydrogen) atoms. The molecule has 0 aliphatic rings. The van der Waals surface area contributed by atoms with Crippen LogP contribution in [0.5, 0.6) is 0 Å². The van der Waals surface area contributed by atoms with Crippen LogP contribution in [0.4, 0.5) is 4.79 Å². The lowest BCUT2D eigenvalue weighted by molar-refractivity contribution is -0.151. The minimum absolute atomic E-state index is 0.213. The van der Waals surface area contributed by atoms with Crippen LogP contribution in [0, 0.1) is 0 Å². The number of esters is 1. The number of carbonyl (C=O) groups is 2. The lowest BCUT2D eigenvalue weighted by Crippen LogP contribution is -2.67. The topological polar surface area (TPSA) is 77.1 Å². The van der Waals surface area contributed by atoms with E-state index in [1.54, 1.807) is 0 Å². The normalized spacial score (nSPS) is 13.5. The van der Waals surface area contributed by atoms with Crippen molar-refractivity contribution in [1.82, 2.24) is 10.2 Å². The van der Waals surface area contributed by atoms with Crippen LogP contribution in [0.2, 0.25) is 5.04 Å². The highest BCUT2D eigenvalue weighted by molar-refractivity contribution is 6.99. The molecule has 7 nitrogen and oxygen atoms in total. The molecule has 0 unspecified atom stereocenters. The molecule has 2 atom stereocenters. The van der Waals surface area contributed by atoms with E-state index in [1.807, 2.05) is 70.2 Å². The zero-order chi connectivity index (χ0) is 35.2. The van der Waals surface area contributed by atoms with Gasteiger partial charge in [0.05, 0.1) is 12.6 Å². The molecule has 1 N–H and O–H groups in total. The predicted molar refractivity (Wildman–Crippen MR) is 198 cm³/mol. The Kier molecular flexibility index (Phi) is 14.9. The highest BCUT2D eigenvalue weighted by Crippen LogP contribution is 2.37. The van der Waals surface area contributed by atoms with Crippen molar-refractivity contribution in [3.05, 3.63) is 96.6 Å². The number of amides is 1. The van der Waals surface area contributed by atoms with E-state index in [4.69, 9.17) is 13.9 Å². The Bertz CT molecular complexity index is 1330. The highest BCUT2D eigenvalue weighted by atomic mass is 28.4. The van der Waals surface area contributed by atoms with E-state index in [9.17, 15) is 9.59 Å². The van der Waals surface area contributed by atoms with Gasteiger partial charge in [0.2, 0.25) is 0 Å². The maximum absolute atomic E-state index is 13.5. The number of benzene rings is 3. The van der Waals surface area contributed by atoms with Crippen LogP contribution in [-0.2, 0) is 25.3 Å². The van der Waals surface area contributed by atoms with Crippen molar-refractivity contribution in [1.29, 1.82) is 0 Å². The molecule has 8 heteroatoms. The fraction of sp³-hybridized carbons (Fsp3) is 0.500. The quantitative estimate of drug-likeness (QED) is 0.0910. The molecule has 0 aliphatic heterocycles. The summed E-state index contributed by atoms with van der Waals surface area (Å²) in [5.74, 6) is -0.293. The van der Waals surface area contributed by atoms with Gasteiger partial charge >= 0.3 is 12.1 Å². The van der Waals surface area contributed by atoms with E-state index in [0.29, 0.717) is 13.1 Å². The van der Waals surface area contributed by atoms with Crippen molar-refractivity contribution < 1.29 is 23.5 Å². The summed E-state index contributed by atoms with van der Waals surface area (Å²) in [6.45, 7) is 17.9. The van der Waals surface area contributed by atoms with E-state index in [2.05, 4.69) is 86.4 Å². The van der Waals surface area contributed by atoms with Gasteiger partial charge in [-0.2, -0.15) is 0 Å². The van der Waals surface area contributed by atoms with E-state index in [1.165, 1.54) is 0 Å². The molecule has 3 aromatic rings. The number of ether oxygens (including phenoxy) is 2. The van der Waals surface area contributed by atoms with Crippen LogP contribution in [-0.4, -0.2) is 62.7 Å². The first-order valence-electron chi connectivity index (χ1n) is 17.5. The van der Waals surface area contributed by atoms with Gasteiger partial charge in [-0.1, -0.05) is 138 Å². The molecule has 3 rings (SSSR count). The number of carbonyl (C=O) groups excluding carboxylic acids is 2. The first kappa shape index (κ1) is 39.0. The smallest absolute Gasteiger partial charge is 0.407 e. The summed E-state index contributed by atoms with van der Waals surface area (Å²) in [7, 11) is -2.90. The molecular weight excluding hydrogens is 617 g/mol. The van der Waals surface area contributed by atoms with Crippen LogP contribution in [0.15, 0.2) is 91.0 Å². The first-order chi connectivity index (χ1) is 22.8. The summed E-state index contributed by atoms with van der Waals surface area (Å²) < 4.78 is 18.8. The molecule has 0 saturated heterocycles. The van der Waals surface area contributed by atoms with Crippen LogP contribution >= 0.6 is 0 Å². The molecule has 0 spiro atoms. The molecule has 0 aromatic heterocycles. The molecule has 262 valence electrons. The molecule has 0 aliphatic carbocycles. The molecule has 3 aromatic carbocycles. The average molecular weight is 675 g/mol. The zero-order valence-electron chi connectivity index (χ0n) is 30.5. The maximum Gasteiger partial charge on any atom is 0.407 e. The van der Waals surface area contributed by atoms with E-state index < -0.39 is 32.1 Å².